The first kappa shape index (κ1) is 22.7. The lowest BCUT2D eigenvalue weighted by atomic mass is 10.2. The van der Waals surface area contributed by atoms with Gasteiger partial charge < -0.3 is 5.32 Å². The minimum absolute atomic E-state index is 0.0204. The highest BCUT2D eigenvalue weighted by molar-refractivity contribution is 7.89. The molecule has 0 spiro atoms. The van der Waals surface area contributed by atoms with Crippen LogP contribution in [0.25, 0.3) is 0 Å². The second-order valence-corrected chi connectivity index (χ2v) is 10.4. The van der Waals surface area contributed by atoms with Gasteiger partial charge in [-0.1, -0.05) is 29.0 Å². The van der Waals surface area contributed by atoms with Crippen molar-refractivity contribution in [3.05, 3.63) is 68.6 Å². The van der Waals surface area contributed by atoms with E-state index in [4.69, 9.17) is 11.6 Å². The smallest absolute Gasteiger partial charge is 0.286 e. The van der Waals surface area contributed by atoms with Crippen molar-refractivity contribution in [3.63, 3.8) is 0 Å². The van der Waals surface area contributed by atoms with Crippen LogP contribution in [0.5, 0.6) is 0 Å². The maximum atomic E-state index is 13.4. The van der Waals surface area contributed by atoms with Crippen LogP contribution in [0.1, 0.15) is 39.3 Å². The van der Waals surface area contributed by atoms with Crippen LogP contribution >= 0.6 is 22.9 Å². The van der Waals surface area contributed by atoms with Crippen LogP contribution in [0.4, 0.5) is 14.5 Å². The van der Waals surface area contributed by atoms with Gasteiger partial charge in [0.05, 0.1) is 10.9 Å². The molecule has 0 saturated carbocycles. The number of rotatable bonds is 5. The van der Waals surface area contributed by atoms with Crippen molar-refractivity contribution in [3.8, 4) is 0 Å². The van der Waals surface area contributed by atoms with Crippen molar-refractivity contribution in [1.82, 2.24) is 14.5 Å². The highest BCUT2D eigenvalue weighted by Gasteiger charge is 2.39. The second-order valence-electron chi connectivity index (χ2n) is 7.17. The van der Waals surface area contributed by atoms with Gasteiger partial charge >= 0.3 is 0 Å². The number of sulfonamides is 1. The number of amides is 1. The molecule has 1 N–H and O–H groups in total. The first-order valence-electron chi connectivity index (χ1n) is 9.55. The third-order valence-corrected chi connectivity index (χ3v) is 8.59. The first-order chi connectivity index (χ1) is 15.2. The SMILES string of the molecule is Cc1c(Cl)cccc1S(=O)(=O)N1CCC[C@H]1c1nnc(C(=O)Nc2ccc(F)c(F)c2)s1. The lowest BCUT2D eigenvalue weighted by Gasteiger charge is -2.23. The van der Waals surface area contributed by atoms with Gasteiger partial charge in [0, 0.05) is 23.3 Å². The van der Waals surface area contributed by atoms with Crippen LogP contribution < -0.4 is 5.32 Å². The van der Waals surface area contributed by atoms with Gasteiger partial charge in [0.1, 0.15) is 5.01 Å². The summed E-state index contributed by atoms with van der Waals surface area (Å²) in [4.78, 5) is 12.6. The second kappa shape index (κ2) is 8.81. The molecule has 7 nitrogen and oxygen atoms in total. The molecule has 12 heteroatoms. The fourth-order valence-corrected chi connectivity index (χ4v) is 6.58. The topological polar surface area (TPSA) is 92.3 Å². The summed E-state index contributed by atoms with van der Waals surface area (Å²) in [6.45, 7) is 1.95. The molecule has 1 aromatic heterocycles. The molecule has 32 heavy (non-hydrogen) atoms. The zero-order chi connectivity index (χ0) is 23.0. The molecule has 0 bridgehead atoms. The van der Waals surface area contributed by atoms with Gasteiger partial charge in [-0.05, 0) is 49.6 Å². The van der Waals surface area contributed by atoms with Gasteiger partial charge in [0.15, 0.2) is 11.6 Å². The summed E-state index contributed by atoms with van der Waals surface area (Å²) in [6.07, 6.45) is 1.15. The van der Waals surface area contributed by atoms with E-state index in [-0.39, 0.29) is 15.6 Å². The predicted molar refractivity (Wildman–Crippen MR) is 116 cm³/mol. The minimum atomic E-state index is -3.85. The molecular formula is C20H17ClF2N4O3S2. The molecule has 2 heterocycles. The van der Waals surface area contributed by atoms with Crippen molar-refractivity contribution >= 4 is 44.6 Å². The molecule has 1 aliphatic heterocycles. The Morgan fingerprint density at radius 3 is 2.75 bits per heavy atom. The number of hydrogen-bond acceptors (Lipinski definition) is 6. The van der Waals surface area contributed by atoms with E-state index in [2.05, 4.69) is 15.5 Å². The van der Waals surface area contributed by atoms with E-state index in [1.54, 1.807) is 19.1 Å². The summed E-state index contributed by atoms with van der Waals surface area (Å²) >= 11 is 7.06. The highest BCUT2D eigenvalue weighted by Crippen LogP contribution is 2.39. The van der Waals surface area contributed by atoms with Crippen molar-refractivity contribution in [2.75, 3.05) is 11.9 Å². The largest absolute Gasteiger partial charge is 0.320 e. The summed E-state index contributed by atoms with van der Waals surface area (Å²) in [5, 5.41) is 11.0. The van der Waals surface area contributed by atoms with Crippen LogP contribution in [0.3, 0.4) is 0 Å². The van der Waals surface area contributed by atoms with Crippen molar-refractivity contribution in [2.24, 2.45) is 0 Å². The Morgan fingerprint density at radius 2 is 2.00 bits per heavy atom. The van der Waals surface area contributed by atoms with Gasteiger partial charge in [0.2, 0.25) is 15.0 Å². The Labute approximate surface area is 192 Å². The minimum Gasteiger partial charge on any atom is -0.320 e. The fourth-order valence-electron chi connectivity index (χ4n) is 3.49. The van der Waals surface area contributed by atoms with Gasteiger partial charge in [-0.15, -0.1) is 10.2 Å². The Bertz CT molecular complexity index is 1300. The lowest BCUT2D eigenvalue weighted by molar-refractivity contribution is 0.102. The van der Waals surface area contributed by atoms with E-state index < -0.39 is 33.6 Å². The Morgan fingerprint density at radius 1 is 1.22 bits per heavy atom. The highest BCUT2D eigenvalue weighted by atomic mass is 35.5. The number of carbonyl (C=O) groups excluding carboxylic acids is 1. The molecule has 1 aliphatic rings. The Kier molecular flexibility index (Phi) is 6.26. The molecule has 168 valence electrons. The van der Waals surface area contributed by atoms with Crippen LogP contribution in [0.15, 0.2) is 41.3 Å². The maximum Gasteiger partial charge on any atom is 0.286 e. The zero-order valence-corrected chi connectivity index (χ0v) is 19.1. The number of nitrogens with one attached hydrogen (secondary N) is 1. The van der Waals surface area contributed by atoms with E-state index >= 15 is 0 Å². The molecule has 1 saturated heterocycles. The van der Waals surface area contributed by atoms with Crippen LogP contribution in [0, 0.1) is 18.6 Å². The predicted octanol–water partition coefficient (Wildman–Crippen LogP) is 4.56. The molecule has 0 unspecified atom stereocenters. The third-order valence-electron chi connectivity index (χ3n) is 5.11. The number of benzene rings is 2. The van der Waals surface area contributed by atoms with Gasteiger partial charge in [-0.3, -0.25) is 4.79 Å². The Balaban J connectivity index is 1.57. The van der Waals surface area contributed by atoms with Gasteiger partial charge in [0.25, 0.3) is 5.91 Å². The first-order valence-corrected chi connectivity index (χ1v) is 12.2. The molecule has 3 aromatic rings. The van der Waals surface area contributed by atoms with Crippen molar-refractivity contribution in [1.29, 1.82) is 0 Å². The summed E-state index contributed by atoms with van der Waals surface area (Å²) in [5.74, 6) is -2.78. The normalized spacial score (nSPS) is 16.9. The quantitative estimate of drug-likeness (QED) is 0.557. The molecule has 2 aromatic carbocycles. The summed E-state index contributed by atoms with van der Waals surface area (Å²) in [7, 11) is -3.85. The van der Waals surface area contributed by atoms with Crippen LogP contribution in [0.2, 0.25) is 5.02 Å². The number of halogens is 3. The number of anilines is 1. The number of hydrogen-bond donors (Lipinski definition) is 1. The molecule has 0 radical (unpaired) electrons. The molecule has 1 amide bonds. The zero-order valence-electron chi connectivity index (χ0n) is 16.7. The standard InChI is InChI=1S/C20H17ClF2N4O3S2/c1-11-13(21)4-2-6-17(11)32(29,30)27-9-3-5-16(27)19-25-26-20(31-19)18(28)24-12-7-8-14(22)15(23)10-12/h2,4,6-8,10,16H,3,5,9H2,1H3,(H,24,28)/t16-/m0/s1. The Hall–Kier alpha value is -2.47. The van der Waals surface area contributed by atoms with E-state index in [1.807, 2.05) is 0 Å². The summed E-state index contributed by atoms with van der Waals surface area (Å²) in [5.41, 5.74) is 0.524. The average molecular weight is 499 g/mol. The number of carbonyl (C=O) groups is 1. The van der Waals surface area contributed by atoms with E-state index in [9.17, 15) is 22.0 Å². The molecule has 1 atom stereocenters. The monoisotopic (exact) mass is 498 g/mol. The van der Waals surface area contributed by atoms with E-state index in [0.717, 1.165) is 23.5 Å². The van der Waals surface area contributed by atoms with E-state index in [0.29, 0.717) is 35.0 Å². The average Bonchev–Trinajstić information content (AvgIpc) is 3.42. The fraction of sp³-hybridized carbons (Fsp3) is 0.250. The third kappa shape index (κ3) is 4.25. The van der Waals surface area contributed by atoms with Gasteiger partial charge in [-0.25, -0.2) is 17.2 Å². The van der Waals surface area contributed by atoms with Gasteiger partial charge in [-0.2, -0.15) is 4.31 Å². The molecular weight excluding hydrogens is 482 g/mol. The van der Waals surface area contributed by atoms with E-state index in [1.165, 1.54) is 16.4 Å². The molecule has 1 fully saturated rings. The van der Waals surface area contributed by atoms with Crippen LogP contribution in [-0.2, 0) is 10.0 Å². The lowest BCUT2D eigenvalue weighted by Crippen LogP contribution is -2.31. The van der Waals surface area contributed by atoms with Crippen molar-refractivity contribution in [2.45, 2.75) is 30.7 Å². The molecule has 4 rings (SSSR count). The molecule has 0 aliphatic carbocycles. The summed E-state index contributed by atoms with van der Waals surface area (Å²) < 4.78 is 54.4. The van der Waals surface area contributed by atoms with Crippen molar-refractivity contribution < 1.29 is 22.0 Å². The summed E-state index contributed by atoms with van der Waals surface area (Å²) in [6, 6.07) is 7.12. The maximum absolute atomic E-state index is 13.4. The number of nitrogens with zero attached hydrogens (tertiary/aromatic N) is 3. The van der Waals surface area contributed by atoms with Crippen LogP contribution in [-0.4, -0.2) is 35.4 Å². The number of aromatic nitrogens is 2.